The zero-order valence-corrected chi connectivity index (χ0v) is 12.8. The lowest BCUT2D eigenvalue weighted by Gasteiger charge is -2.03. The number of thioether (sulfide) groups is 1. The average Bonchev–Trinajstić information content (AvgIpc) is 3.03. The summed E-state index contributed by atoms with van der Waals surface area (Å²) in [5.74, 6) is 2.53. The number of anilines is 1. The quantitative estimate of drug-likeness (QED) is 0.788. The molecule has 0 aromatic carbocycles. The van der Waals surface area contributed by atoms with Gasteiger partial charge in [-0.3, -0.25) is 0 Å². The normalized spacial score (nSPS) is 11.2. The van der Waals surface area contributed by atoms with Crippen LogP contribution in [0.3, 0.4) is 0 Å². The summed E-state index contributed by atoms with van der Waals surface area (Å²) in [5.41, 5.74) is 0. The van der Waals surface area contributed by atoms with Crippen molar-refractivity contribution in [3.8, 4) is 0 Å². The molecule has 2 rings (SSSR count). The summed E-state index contributed by atoms with van der Waals surface area (Å²) >= 11 is 3.11. The Kier molecular flexibility index (Phi) is 5.15. The molecule has 104 valence electrons. The molecule has 2 aromatic heterocycles. The minimum absolute atomic E-state index is 0.589. The summed E-state index contributed by atoms with van der Waals surface area (Å²) < 4.78 is 6.34. The van der Waals surface area contributed by atoms with Crippen molar-refractivity contribution >= 4 is 28.2 Å². The largest absolute Gasteiger partial charge is 0.424 e. The Hall–Kier alpha value is -1.15. The Morgan fingerprint density at radius 1 is 1.21 bits per heavy atom. The lowest BCUT2D eigenvalue weighted by Crippen LogP contribution is -2.07. The molecule has 1 N–H and O–H groups in total. The van der Waals surface area contributed by atoms with Gasteiger partial charge in [-0.1, -0.05) is 43.9 Å². The van der Waals surface area contributed by atoms with Crippen LogP contribution in [0.25, 0.3) is 0 Å². The van der Waals surface area contributed by atoms with Crippen LogP contribution in [0.15, 0.2) is 8.76 Å². The number of hydrogen-bond acceptors (Lipinski definition) is 8. The molecule has 19 heavy (non-hydrogen) atoms. The highest BCUT2D eigenvalue weighted by atomic mass is 32.2. The van der Waals surface area contributed by atoms with Gasteiger partial charge in [-0.2, -0.15) is 0 Å². The highest BCUT2D eigenvalue weighted by molar-refractivity contribution is 8.00. The first-order chi connectivity index (χ1) is 9.17. The third-order valence-electron chi connectivity index (χ3n) is 2.20. The first-order valence-corrected chi connectivity index (χ1v) is 7.99. The van der Waals surface area contributed by atoms with Gasteiger partial charge in [-0.15, -0.1) is 20.4 Å². The lowest BCUT2D eigenvalue weighted by molar-refractivity contribution is 0.470. The zero-order chi connectivity index (χ0) is 13.7. The second-order valence-corrected chi connectivity index (χ2v) is 6.58. The summed E-state index contributed by atoms with van der Waals surface area (Å²) in [4.78, 5) is 0. The molecule has 8 heteroatoms. The van der Waals surface area contributed by atoms with Gasteiger partial charge in [0.2, 0.25) is 16.9 Å². The van der Waals surface area contributed by atoms with Gasteiger partial charge in [0.15, 0.2) is 4.34 Å². The summed E-state index contributed by atoms with van der Waals surface area (Å²) in [7, 11) is 0. The van der Waals surface area contributed by atoms with Crippen LogP contribution in [-0.4, -0.2) is 26.9 Å². The van der Waals surface area contributed by atoms with Gasteiger partial charge in [-0.25, -0.2) is 0 Å². The molecule has 0 aliphatic carbocycles. The molecule has 0 spiro atoms. The van der Waals surface area contributed by atoms with Crippen molar-refractivity contribution in [3.05, 3.63) is 11.8 Å². The fraction of sp³-hybridized carbons (Fsp3) is 0.636. The molecule has 0 radical (unpaired) electrons. The Balaban J connectivity index is 1.82. The maximum Gasteiger partial charge on any atom is 0.226 e. The van der Waals surface area contributed by atoms with Crippen LogP contribution in [0.1, 0.15) is 32.6 Å². The smallest absolute Gasteiger partial charge is 0.226 e. The fourth-order valence-electron chi connectivity index (χ4n) is 1.24. The molecular weight excluding hydrogens is 282 g/mol. The van der Waals surface area contributed by atoms with Gasteiger partial charge in [-0.05, 0) is 5.92 Å². The first kappa shape index (κ1) is 14.3. The van der Waals surface area contributed by atoms with Crippen molar-refractivity contribution in [2.45, 2.75) is 37.3 Å². The van der Waals surface area contributed by atoms with Crippen LogP contribution in [0.5, 0.6) is 0 Å². The van der Waals surface area contributed by atoms with E-state index in [9.17, 15) is 0 Å². The van der Waals surface area contributed by atoms with E-state index in [-0.39, 0.29) is 0 Å². The van der Waals surface area contributed by atoms with E-state index in [1.165, 1.54) is 0 Å². The molecule has 2 heterocycles. The molecule has 0 atom stereocenters. The maximum atomic E-state index is 5.44. The van der Waals surface area contributed by atoms with E-state index in [4.69, 9.17) is 4.42 Å². The zero-order valence-electron chi connectivity index (χ0n) is 11.2. The predicted molar refractivity (Wildman–Crippen MR) is 76.5 cm³/mol. The SMILES string of the molecule is CCc1nnc(CSc2nnc(NCC(C)C)s2)o1. The van der Waals surface area contributed by atoms with E-state index in [0.29, 0.717) is 23.5 Å². The van der Waals surface area contributed by atoms with E-state index < -0.39 is 0 Å². The van der Waals surface area contributed by atoms with Crippen molar-refractivity contribution in [1.29, 1.82) is 0 Å². The van der Waals surface area contributed by atoms with Crippen molar-refractivity contribution in [2.75, 3.05) is 11.9 Å². The van der Waals surface area contributed by atoms with Crippen molar-refractivity contribution < 1.29 is 4.42 Å². The van der Waals surface area contributed by atoms with Crippen LogP contribution < -0.4 is 5.32 Å². The summed E-state index contributed by atoms with van der Waals surface area (Å²) in [6, 6.07) is 0. The topological polar surface area (TPSA) is 76.7 Å². The number of nitrogens with one attached hydrogen (secondary N) is 1. The monoisotopic (exact) mass is 299 g/mol. The van der Waals surface area contributed by atoms with Crippen LogP contribution in [0, 0.1) is 5.92 Å². The first-order valence-electron chi connectivity index (χ1n) is 6.18. The number of aryl methyl sites for hydroxylation is 1. The summed E-state index contributed by atoms with van der Waals surface area (Å²) in [6.07, 6.45) is 0.764. The van der Waals surface area contributed by atoms with Gasteiger partial charge in [0, 0.05) is 13.0 Å². The van der Waals surface area contributed by atoms with Gasteiger partial charge < -0.3 is 9.73 Å². The van der Waals surface area contributed by atoms with Crippen molar-refractivity contribution in [3.63, 3.8) is 0 Å². The predicted octanol–water partition coefficient (Wildman–Crippen LogP) is 2.84. The Labute approximate surface area is 120 Å². The van der Waals surface area contributed by atoms with Crippen LogP contribution in [-0.2, 0) is 12.2 Å². The van der Waals surface area contributed by atoms with E-state index in [0.717, 1.165) is 22.4 Å². The fourth-order valence-corrected chi connectivity index (χ4v) is 2.84. The summed E-state index contributed by atoms with van der Waals surface area (Å²) in [5, 5.41) is 20.2. The average molecular weight is 299 g/mol. The van der Waals surface area contributed by atoms with Crippen molar-refractivity contribution in [1.82, 2.24) is 20.4 Å². The molecular formula is C11H17N5OS2. The molecule has 6 nitrogen and oxygen atoms in total. The third kappa shape index (κ3) is 4.46. The molecule has 0 fully saturated rings. The molecule has 0 amide bonds. The molecule has 0 unspecified atom stereocenters. The molecule has 0 aliphatic rings. The number of nitrogens with zero attached hydrogens (tertiary/aromatic N) is 4. The van der Waals surface area contributed by atoms with Crippen LogP contribution >= 0.6 is 23.1 Å². The molecule has 0 saturated heterocycles. The van der Waals surface area contributed by atoms with E-state index in [2.05, 4.69) is 39.6 Å². The van der Waals surface area contributed by atoms with E-state index in [1.807, 2.05) is 6.92 Å². The minimum atomic E-state index is 0.589. The van der Waals surface area contributed by atoms with E-state index in [1.54, 1.807) is 23.1 Å². The Morgan fingerprint density at radius 2 is 2.00 bits per heavy atom. The highest BCUT2D eigenvalue weighted by Gasteiger charge is 2.09. The molecule has 2 aromatic rings. The number of rotatable bonds is 7. The standard InChI is InChI=1S/C11H17N5OS2/c1-4-8-13-14-9(17-8)6-18-11-16-15-10(19-11)12-5-7(2)3/h7H,4-6H2,1-3H3,(H,12,15). The van der Waals surface area contributed by atoms with Crippen LogP contribution in [0.4, 0.5) is 5.13 Å². The molecule has 0 aliphatic heterocycles. The van der Waals surface area contributed by atoms with Gasteiger partial charge >= 0.3 is 0 Å². The van der Waals surface area contributed by atoms with Crippen LogP contribution in [0.2, 0.25) is 0 Å². The van der Waals surface area contributed by atoms with E-state index >= 15 is 0 Å². The molecule has 0 saturated carbocycles. The molecule has 0 bridgehead atoms. The summed E-state index contributed by atoms with van der Waals surface area (Å²) in [6.45, 7) is 7.21. The Bertz CT molecular complexity index is 511. The maximum absolute atomic E-state index is 5.44. The highest BCUT2D eigenvalue weighted by Crippen LogP contribution is 2.28. The van der Waals surface area contributed by atoms with Gasteiger partial charge in [0.05, 0.1) is 5.75 Å². The number of aromatic nitrogens is 4. The van der Waals surface area contributed by atoms with Gasteiger partial charge in [0.1, 0.15) is 0 Å². The second-order valence-electron chi connectivity index (χ2n) is 4.38. The number of hydrogen-bond donors (Lipinski definition) is 1. The van der Waals surface area contributed by atoms with Crippen molar-refractivity contribution in [2.24, 2.45) is 5.92 Å². The second kappa shape index (κ2) is 6.85. The lowest BCUT2D eigenvalue weighted by atomic mass is 10.2. The van der Waals surface area contributed by atoms with Gasteiger partial charge in [0.25, 0.3) is 0 Å². The third-order valence-corrected chi connectivity index (χ3v) is 4.20. The Morgan fingerprint density at radius 3 is 2.68 bits per heavy atom. The minimum Gasteiger partial charge on any atom is -0.424 e.